The highest BCUT2D eigenvalue weighted by atomic mass is 15.1. The second-order valence-corrected chi connectivity index (χ2v) is 29.1. The van der Waals surface area contributed by atoms with Gasteiger partial charge < -0.3 is 4.90 Å². The molecule has 3 aliphatic rings. The lowest BCUT2D eigenvalue weighted by molar-refractivity contribution is 0.163. The average molecular weight is 1180 g/mol. The standard InChI is InChI=1S/C90H81N/c1-58(87(3,4)5)52-80(59(2)88(6,7)8)64-36-34-62(35-37-64)69-42-49-78-75-29-15-18-32-82(75)90(85(78)55-69)83-33-19-16-30-76(83)79-50-43-70(56-86(79)90)68-27-21-26-67(54-68)66-25-20-24-65(53-66)63-40-46-72(47-41-63)91(71-44-38-61(39-45-71)60-22-12-11-13-23-60)73-48-51-77-74-28-14-17-31-81(74)89(9,10)84(77)57-73/h11-51,53-59,80H,52H2,1-10H3. The number of hydrogen-bond donors (Lipinski definition) is 0. The predicted molar refractivity (Wildman–Crippen MR) is 387 cm³/mol. The van der Waals surface area contributed by atoms with Crippen LogP contribution >= 0.6 is 0 Å². The topological polar surface area (TPSA) is 3.24 Å². The van der Waals surface area contributed by atoms with E-state index in [1.807, 2.05) is 0 Å². The second kappa shape index (κ2) is 22.1. The fraction of sp³-hybridized carbons (Fsp3) is 0.200. The molecule has 4 unspecified atom stereocenters. The van der Waals surface area contributed by atoms with E-state index < -0.39 is 5.41 Å². The molecule has 446 valence electrons. The quantitative estimate of drug-likeness (QED) is 0.118. The Morgan fingerprint density at radius 2 is 0.648 bits per heavy atom. The van der Waals surface area contributed by atoms with Gasteiger partial charge in [-0.15, -0.1) is 0 Å². The van der Waals surface area contributed by atoms with Gasteiger partial charge in [-0.25, -0.2) is 0 Å². The third kappa shape index (κ3) is 9.83. The van der Waals surface area contributed by atoms with Crippen molar-refractivity contribution >= 4 is 17.1 Å². The number of hydrogen-bond acceptors (Lipinski definition) is 1. The highest BCUT2D eigenvalue weighted by Gasteiger charge is 2.52. The van der Waals surface area contributed by atoms with E-state index in [0.717, 1.165) is 17.1 Å². The van der Waals surface area contributed by atoms with Gasteiger partial charge in [0, 0.05) is 22.5 Å². The maximum atomic E-state index is 2.54. The van der Waals surface area contributed by atoms with Crippen LogP contribution in [0.15, 0.2) is 279 Å². The Morgan fingerprint density at radius 1 is 0.297 bits per heavy atom. The zero-order valence-electron chi connectivity index (χ0n) is 54.4. The molecule has 0 aromatic heterocycles. The summed E-state index contributed by atoms with van der Waals surface area (Å²) < 4.78 is 0. The first kappa shape index (κ1) is 57.9. The molecule has 12 aromatic carbocycles. The smallest absolute Gasteiger partial charge is 0.0725 e. The summed E-state index contributed by atoms with van der Waals surface area (Å²) in [6, 6.07) is 106. The van der Waals surface area contributed by atoms with E-state index in [9.17, 15) is 0 Å². The van der Waals surface area contributed by atoms with Gasteiger partial charge in [-0.3, -0.25) is 0 Å². The molecule has 4 atom stereocenters. The van der Waals surface area contributed by atoms with E-state index in [4.69, 9.17) is 0 Å². The van der Waals surface area contributed by atoms with Crippen LogP contribution in [0.4, 0.5) is 17.1 Å². The van der Waals surface area contributed by atoms with Crippen LogP contribution in [0.2, 0.25) is 0 Å². The largest absolute Gasteiger partial charge is 0.310 e. The second-order valence-electron chi connectivity index (χ2n) is 29.1. The molecule has 0 bridgehead atoms. The van der Waals surface area contributed by atoms with E-state index in [2.05, 4.69) is 353 Å². The number of anilines is 3. The number of nitrogens with zero attached hydrogens (tertiary/aromatic N) is 1. The molecule has 1 spiro atoms. The van der Waals surface area contributed by atoms with Crippen LogP contribution in [-0.4, -0.2) is 0 Å². The molecule has 0 radical (unpaired) electrons. The Bertz CT molecular complexity index is 4720. The fourth-order valence-electron chi connectivity index (χ4n) is 15.7. The molecule has 3 aliphatic carbocycles. The average Bonchev–Trinajstić information content (AvgIpc) is 1.51. The van der Waals surface area contributed by atoms with Crippen LogP contribution in [-0.2, 0) is 10.8 Å². The normalized spacial score (nSPS) is 15.8. The molecule has 0 saturated carbocycles. The van der Waals surface area contributed by atoms with Crippen molar-refractivity contribution in [3.05, 3.63) is 318 Å². The third-order valence-corrected chi connectivity index (χ3v) is 21.7. The summed E-state index contributed by atoms with van der Waals surface area (Å²) in [4.78, 5) is 2.42. The van der Waals surface area contributed by atoms with Crippen molar-refractivity contribution in [1.82, 2.24) is 0 Å². The monoisotopic (exact) mass is 1180 g/mol. The van der Waals surface area contributed by atoms with E-state index in [1.54, 1.807) is 0 Å². The lowest BCUT2D eigenvalue weighted by Crippen LogP contribution is -2.28. The Labute approximate surface area is 540 Å². The molecular weight excluding hydrogens is 1090 g/mol. The highest BCUT2D eigenvalue weighted by molar-refractivity contribution is 5.97. The van der Waals surface area contributed by atoms with Gasteiger partial charge in [-0.1, -0.05) is 288 Å². The van der Waals surface area contributed by atoms with Gasteiger partial charge in [-0.05, 0) is 224 Å². The lowest BCUT2D eigenvalue weighted by atomic mass is 9.66. The van der Waals surface area contributed by atoms with Gasteiger partial charge in [0.25, 0.3) is 0 Å². The minimum absolute atomic E-state index is 0.119. The summed E-state index contributed by atoms with van der Waals surface area (Å²) >= 11 is 0. The van der Waals surface area contributed by atoms with Crippen molar-refractivity contribution in [3.63, 3.8) is 0 Å². The highest BCUT2D eigenvalue weighted by Crippen LogP contribution is 2.64. The van der Waals surface area contributed by atoms with Crippen LogP contribution in [0.1, 0.15) is 121 Å². The van der Waals surface area contributed by atoms with Crippen molar-refractivity contribution in [2.45, 2.75) is 92.4 Å². The van der Waals surface area contributed by atoms with Crippen LogP contribution < -0.4 is 4.90 Å². The third-order valence-electron chi connectivity index (χ3n) is 21.7. The first-order chi connectivity index (χ1) is 43.9. The number of fused-ring (bicyclic) bond motifs is 13. The van der Waals surface area contributed by atoms with Crippen molar-refractivity contribution in [2.75, 3.05) is 4.90 Å². The summed E-state index contributed by atoms with van der Waals surface area (Å²) in [6.45, 7) is 24.1. The molecule has 1 nitrogen and oxygen atoms in total. The SMILES string of the molecule is CC(CC(c1ccc(-c2ccc3c(c2)C2(c4ccccc4-3)c3ccccc3-c3ccc(-c4cccc(-c5cccc(-c6ccc(N(c7ccc(-c8ccccc8)cc7)c7ccc8c(c7)C(C)(C)c7ccccc7-8)cc6)c5)c4)cc32)cc1)C(C)C(C)(C)C)C(C)(C)C. The maximum Gasteiger partial charge on any atom is 0.0725 e. The molecule has 1 heteroatoms. The maximum absolute atomic E-state index is 2.54. The van der Waals surface area contributed by atoms with E-state index in [0.29, 0.717) is 17.8 Å². The Hall–Kier alpha value is -9.56. The summed E-state index contributed by atoms with van der Waals surface area (Å²) in [6.07, 6.45) is 1.18. The first-order valence-corrected chi connectivity index (χ1v) is 33.1. The Kier molecular flexibility index (Phi) is 14.1. The molecule has 0 N–H and O–H groups in total. The molecule has 15 rings (SSSR count). The predicted octanol–water partition coefficient (Wildman–Crippen LogP) is 25.0. The van der Waals surface area contributed by atoms with Gasteiger partial charge in [0.1, 0.15) is 0 Å². The minimum Gasteiger partial charge on any atom is -0.310 e. The zero-order valence-corrected chi connectivity index (χ0v) is 54.4. The van der Waals surface area contributed by atoms with Crippen LogP contribution in [0.5, 0.6) is 0 Å². The van der Waals surface area contributed by atoms with Crippen molar-refractivity contribution < 1.29 is 0 Å². The molecule has 0 heterocycles. The lowest BCUT2D eigenvalue weighted by Gasteiger charge is -2.39. The molecule has 0 amide bonds. The molecule has 0 aliphatic heterocycles. The molecule has 12 aromatic rings. The number of benzene rings is 12. The van der Waals surface area contributed by atoms with E-state index in [1.165, 1.54) is 134 Å². The van der Waals surface area contributed by atoms with Crippen LogP contribution in [0, 0.1) is 22.7 Å². The summed E-state index contributed by atoms with van der Waals surface area (Å²) in [5, 5.41) is 0. The van der Waals surface area contributed by atoms with Crippen LogP contribution in [0.25, 0.3) is 89.0 Å². The fourth-order valence-corrected chi connectivity index (χ4v) is 15.7. The minimum atomic E-state index is -0.490. The zero-order chi connectivity index (χ0) is 62.6. The van der Waals surface area contributed by atoms with Gasteiger partial charge in [0.2, 0.25) is 0 Å². The molecule has 91 heavy (non-hydrogen) atoms. The van der Waals surface area contributed by atoms with Crippen molar-refractivity contribution in [1.29, 1.82) is 0 Å². The summed E-state index contributed by atoms with van der Waals surface area (Å²) in [5.41, 5.74) is 32.8. The molecule has 0 fully saturated rings. The molecule has 0 saturated heterocycles. The Balaban J connectivity index is 0.762. The van der Waals surface area contributed by atoms with E-state index in [-0.39, 0.29) is 16.2 Å². The van der Waals surface area contributed by atoms with Gasteiger partial charge in [0.05, 0.1) is 5.41 Å². The first-order valence-electron chi connectivity index (χ1n) is 33.1. The van der Waals surface area contributed by atoms with Crippen molar-refractivity contribution in [3.8, 4) is 89.0 Å². The summed E-state index contributed by atoms with van der Waals surface area (Å²) in [5.74, 6) is 1.60. The number of rotatable bonds is 12. The van der Waals surface area contributed by atoms with Gasteiger partial charge in [-0.2, -0.15) is 0 Å². The summed E-state index contributed by atoms with van der Waals surface area (Å²) in [7, 11) is 0. The molecular formula is C90H81N. The van der Waals surface area contributed by atoms with Crippen molar-refractivity contribution in [2.24, 2.45) is 22.7 Å². The van der Waals surface area contributed by atoms with Gasteiger partial charge >= 0.3 is 0 Å². The van der Waals surface area contributed by atoms with E-state index >= 15 is 0 Å². The Morgan fingerprint density at radius 3 is 1.15 bits per heavy atom. The van der Waals surface area contributed by atoms with Gasteiger partial charge in [0.15, 0.2) is 0 Å². The van der Waals surface area contributed by atoms with Crippen LogP contribution in [0.3, 0.4) is 0 Å².